The molecule has 0 heterocycles. The summed E-state index contributed by atoms with van der Waals surface area (Å²) in [6.45, 7) is -0.0613. The monoisotopic (exact) mass is 366 g/mol. The van der Waals surface area contributed by atoms with Crippen LogP contribution in [0, 0.1) is 6.92 Å². The molecule has 0 aliphatic heterocycles. The fraction of sp³-hybridized carbons (Fsp3) is 0.385. The predicted molar refractivity (Wildman–Crippen MR) is 74.9 cm³/mol. The summed E-state index contributed by atoms with van der Waals surface area (Å²) >= 11 is 3.28. The molecule has 1 N–H and O–H groups in total. The maximum atomic E-state index is 12.1. The summed E-state index contributed by atoms with van der Waals surface area (Å²) in [7, 11) is 1.35. The van der Waals surface area contributed by atoms with Gasteiger partial charge in [-0.1, -0.05) is 12.1 Å². The lowest BCUT2D eigenvalue weighted by Gasteiger charge is -2.18. The zero-order valence-corrected chi connectivity index (χ0v) is 13.0. The standard InChI is InChI=1S/C13H14BrF3N2O2/c1-8-4-3-5-9(11(8)14)12(21)19(2)6-10(20)18-7-13(15,16)17/h3-5H,6-7H2,1-2H3,(H,18,20). The van der Waals surface area contributed by atoms with Crippen molar-refractivity contribution in [2.24, 2.45) is 0 Å². The van der Waals surface area contributed by atoms with E-state index in [1.54, 1.807) is 30.4 Å². The quantitative estimate of drug-likeness (QED) is 0.889. The van der Waals surface area contributed by atoms with Crippen LogP contribution in [0.3, 0.4) is 0 Å². The van der Waals surface area contributed by atoms with Crippen LogP contribution in [0.15, 0.2) is 22.7 Å². The lowest BCUT2D eigenvalue weighted by molar-refractivity contribution is -0.138. The average molecular weight is 367 g/mol. The Morgan fingerprint density at radius 1 is 1.33 bits per heavy atom. The molecule has 116 valence electrons. The van der Waals surface area contributed by atoms with Crippen LogP contribution >= 0.6 is 15.9 Å². The van der Waals surface area contributed by atoms with Gasteiger partial charge in [-0.25, -0.2) is 0 Å². The molecule has 8 heteroatoms. The van der Waals surface area contributed by atoms with Gasteiger partial charge in [0.15, 0.2) is 0 Å². The third-order valence-electron chi connectivity index (χ3n) is 2.64. The molecule has 0 radical (unpaired) electrons. The van der Waals surface area contributed by atoms with Gasteiger partial charge in [-0.3, -0.25) is 9.59 Å². The van der Waals surface area contributed by atoms with E-state index in [-0.39, 0.29) is 0 Å². The Balaban J connectivity index is 2.67. The van der Waals surface area contributed by atoms with Crippen molar-refractivity contribution in [1.29, 1.82) is 0 Å². The highest BCUT2D eigenvalue weighted by Gasteiger charge is 2.28. The SMILES string of the molecule is Cc1cccc(C(=O)N(C)CC(=O)NCC(F)(F)F)c1Br. The molecule has 0 aliphatic rings. The maximum Gasteiger partial charge on any atom is 0.405 e. The second kappa shape index (κ2) is 6.93. The first-order chi connectivity index (χ1) is 9.61. The van der Waals surface area contributed by atoms with Crippen molar-refractivity contribution in [3.05, 3.63) is 33.8 Å². The number of halogens is 4. The molecule has 0 saturated carbocycles. The van der Waals surface area contributed by atoms with E-state index >= 15 is 0 Å². The van der Waals surface area contributed by atoms with Gasteiger partial charge < -0.3 is 10.2 Å². The summed E-state index contributed by atoms with van der Waals surface area (Å²) in [5.74, 6) is -1.32. The van der Waals surface area contributed by atoms with Gasteiger partial charge in [0.05, 0.1) is 12.1 Å². The zero-order chi connectivity index (χ0) is 16.2. The molecule has 0 aromatic heterocycles. The molecule has 0 spiro atoms. The summed E-state index contributed by atoms with van der Waals surface area (Å²) in [4.78, 5) is 24.6. The van der Waals surface area contributed by atoms with Crippen LogP contribution in [0.25, 0.3) is 0 Å². The lowest BCUT2D eigenvalue weighted by atomic mass is 10.1. The van der Waals surface area contributed by atoms with E-state index in [0.717, 1.165) is 10.5 Å². The van der Waals surface area contributed by atoms with Gasteiger partial charge in [0.2, 0.25) is 5.91 Å². The van der Waals surface area contributed by atoms with Crippen molar-refractivity contribution in [1.82, 2.24) is 10.2 Å². The average Bonchev–Trinajstić information content (AvgIpc) is 2.38. The van der Waals surface area contributed by atoms with Crippen LogP contribution in [-0.2, 0) is 4.79 Å². The van der Waals surface area contributed by atoms with E-state index in [0.29, 0.717) is 10.0 Å². The minimum atomic E-state index is -4.47. The number of likely N-dealkylation sites (N-methyl/N-ethyl adjacent to an activating group) is 1. The lowest BCUT2D eigenvalue weighted by Crippen LogP contribution is -2.41. The van der Waals surface area contributed by atoms with Crippen molar-refractivity contribution < 1.29 is 22.8 Å². The van der Waals surface area contributed by atoms with E-state index in [1.165, 1.54) is 7.05 Å². The summed E-state index contributed by atoms with van der Waals surface area (Å²) < 4.78 is 36.5. The first-order valence-electron chi connectivity index (χ1n) is 5.96. The second-order valence-corrected chi connectivity index (χ2v) is 5.28. The number of nitrogens with one attached hydrogen (secondary N) is 1. The number of alkyl halides is 3. The second-order valence-electron chi connectivity index (χ2n) is 4.49. The molecule has 1 aromatic carbocycles. The van der Waals surface area contributed by atoms with Crippen LogP contribution in [0.4, 0.5) is 13.2 Å². The topological polar surface area (TPSA) is 49.4 Å². The Morgan fingerprint density at radius 3 is 2.52 bits per heavy atom. The number of rotatable bonds is 4. The van der Waals surface area contributed by atoms with Crippen LogP contribution in [-0.4, -0.2) is 43.0 Å². The van der Waals surface area contributed by atoms with Gasteiger partial charge in [0.25, 0.3) is 5.91 Å². The molecule has 0 saturated heterocycles. The Hall–Kier alpha value is -1.57. The molecule has 0 unspecified atom stereocenters. The van der Waals surface area contributed by atoms with E-state index in [4.69, 9.17) is 0 Å². The minimum Gasteiger partial charge on any atom is -0.345 e. The van der Waals surface area contributed by atoms with E-state index in [9.17, 15) is 22.8 Å². The number of benzene rings is 1. The number of carbonyl (C=O) groups is 2. The van der Waals surface area contributed by atoms with Crippen molar-refractivity contribution >= 4 is 27.7 Å². The van der Waals surface area contributed by atoms with Crippen LogP contribution in [0.5, 0.6) is 0 Å². The molecule has 0 bridgehead atoms. The van der Waals surface area contributed by atoms with Crippen LogP contribution in [0.1, 0.15) is 15.9 Å². The number of amides is 2. The highest BCUT2D eigenvalue weighted by Crippen LogP contribution is 2.22. The normalized spacial score (nSPS) is 11.1. The van der Waals surface area contributed by atoms with Gasteiger partial charge in [-0.05, 0) is 34.5 Å². The number of carbonyl (C=O) groups excluding carboxylic acids is 2. The number of nitrogens with zero attached hydrogens (tertiary/aromatic N) is 1. The molecule has 0 aliphatic carbocycles. The molecule has 1 rings (SSSR count). The Morgan fingerprint density at radius 2 is 1.95 bits per heavy atom. The molecule has 21 heavy (non-hydrogen) atoms. The fourth-order valence-corrected chi connectivity index (χ4v) is 1.99. The first-order valence-corrected chi connectivity index (χ1v) is 6.75. The van der Waals surface area contributed by atoms with Crippen molar-refractivity contribution in [3.8, 4) is 0 Å². The highest BCUT2D eigenvalue weighted by molar-refractivity contribution is 9.10. The highest BCUT2D eigenvalue weighted by atomic mass is 79.9. The molecule has 4 nitrogen and oxygen atoms in total. The third kappa shape index (κ3) is 5.37. The Kier molecular flexibility index (Phi) is 5.77. The van der Waals surface area contributed by atoms with Crippen LogP contribution < -0.4 is 5.32 Å². The molecular weight excluding hydrogens is 353 g/mol. The largest absolute Gasteiger partial charge is 0.405 e. The van der Waals surface area contributed by atoms with Gasteiger partial charge >= 0.3 is 6.18 Å². The van der Waals surface area contributed by atoms with Crippen molar-refractivity contribution in [2.45, 2.75) is 13.1 Å². The third-order valence-corrected chi connectivity index (χ3v) is 3.69. The zero-order valence-electron chi connectivity index (χ0n) is 11.4. The predicted octanol–water partition coefficient (Wildman–Crippen LogP) is 2.51. The number of hydrogen-bond acceptors (Lipinski definition) is 2. The fourth-order valence-electron chi connectivity index (χ4n) is 1.56. The van der Waals surface area contributed by atoms with E-state index < -0.39 is 31.1 Å². The molecule has 0 atom stereocenters. The first kappa shape index (κ1) is 17.5. The Labute approximate surface area is 128 Å². The van der Waals surface area contributed by atoms with Gasteiger partial charge in [-0.15, -0.1) is 0 Å². The van der Waals surface area contributed by atoms with Crippen molar-refractivity contribution in [2.75, 3.05) is 20.1 Å². The minimum absolute atomic E-state index is 0.348. The Bertz CT molecular complexity index is 547. The maximum absolute atomic E-state index is 12.1. The molecule has 1 aromatic rings. The summed E-state index contributed by atoms with van der Waals surface area (Å²) in [5.41, 5.74) is 1.19. The summed E-state index contributed by atoms with van der Waals surface area (Å²) in [6.07, 6.45) is -4.47. The number of hydrogen-bond donors (Lipinski definition) is 1. The smallest absolute Gasteiger partial charge is 0.345 e. The number of aryl methyl sites for hydroxylation is 1. The molecular formula is C13H14BrF3N2O2. The summed E-state index contributed by atoms with van der Waals surface area (Å²) in [5, 5.41) is 1.72. The molecule has 0 fully saturated rings. The van der Waals surface area contributed by atoms with E-state index in [2.05, 4.69) is 15.9 Å². The molecule has 2 amide bonds. The van der Waals surface area contributed by atoms with Gasteiger partial charge in [-0.2, -0.15) is 13.2 Å². The van der Waals surface area contributed by atoms with Gasteiger partial charge in [0.1, 0.15) is 6.54 Å². The summed E-state index contributed by atoms with van der Waals surface area (Å²) in [6, 6.07) is 5.06. The van der Waals surface area contributed by atoms with Crippen LogP contribution in [0.2, 0.25) is 0 Å². The van der Waals surface area contributed by atoms with Gasteiger partial charge in [0, 0.05) is 11.5 Å². The van der Waals surface area contributed by atoms with E-state index in [1.807, 2.05) is 0 Å². The van der Waals surface area contributed by atoms with Crippen molar-refractivity contribution in [3.63, 3.8) is 0 Å².